The minimum absolute atomic E-state index is 1.11. The number of allylic oxidation sites excluding steroid dienone is 1. The van der Waals surface area contributed by atoms with Crippen molar-refractivity contribution in [1.29, 1.82) is 0 Å². The Hall–Kier alpha value is -2.42. The number of anilines is 2. The second-order valence-electron chi connectivity index (χ2n) is 5.03. The van der Waals surface area contributed by atoms with Crippen LogP contribution in [0.3, 0.4) is 0 Å². The highest BCUT2D eigenvalue weighted by Gasteiger charge is 2.24. The number of nitrogens with one attached hydrogen (secondary N) is 3. The first-order valence-electron chi connectivity index (χ1n) is 7.14. The predicted molar refractivity (Wildman–Crippen MR) is 90.5 cm³/mol. The highest BCUT2D eigenvalue weighted by atomic mass is 14.9. The van der Waals surface area contributed by atoms with E-state index >= 15 is 0 Å². The molecule has 3 rings (SSSR count). The molecule has 0 fully saturated rings. The molecule has 107 valence electrons. The van der Waals surface area contributed by atoms with E-state index in [1.54, 1.807) is 0 Å². The summed E-state index contributed by atoms with van der Waals surface area (Å²) in [5.74, 6) is 0. The molecule has 3 heteroatoms. The zero-order valence-electron chi connectivity index (χ0n) is 12.6. The third kappa shape index (κ3) is 2.25. The third-order valence-corrected chi connectivity index (χ3v) is 3.90. The van der Waals surface area contributed by atoms with Crippen molar-refractivity contribution in [2.24, 2.45) is 0 Å². The fourth-order valence-electron chi connectivity index (χ4n) is 2.85. The van der Waals surface area contributed by atoms with E-state index in [0.717, 1.165) is 17.1 Å². The van der Waals surface area contributed by atoms with Crippen LogP contribution in [0.1, 0.15) is 16.7 Å². The Morgan fingerprint density at radius 1 is 0.762 bits per heavy atom. The maximum Gasteiger partial charge on any atom is 0.0579 e. The van der Waals surface area contributed by atoms with Gasteiger partial charge in [0.25, 0.3) is 0 Å². The molecular formula is C18H20N3. The van der Waals surface area contributed by atoms with Crippen LogP contribution in [0.2, 0.25) is 0 Å². The molecule has 0 unspecified atom stereocenters. The van der Waals surface area contributed by atoms with Crippen LogP contribution in [0.5, 0.6) is 0 Å². The van der Waals surface area contributed by atoms with Crippen molar-refractivity contribution in [3.8, 4) is 0 Å². The van der Waals surface area contributed by atoms with Gasteiger partial charge in [-0.1, -0.05) is 30.3 Å². The summed E-state index contributed by atoms with van der Waals surface area (Å²) >= 11 is 0. The summed E-state index contributed by atoms with van der Waals surface area (Å²) in [6, 6.07) is 14.9. The summed E-state index contributed by atoms with van der Waals surface area (Å²) in [6.45, 7) is 0. The van der Waals surface area contributed by atoms with Crippen molar-refractivity contribution in [3.05, 3.63) is 71.3 Å². The van der Waals surface area contributed by atoms with Gasteiger partial charge in [0.1, 0.15) is 0 Å². The molecule has 0 bridgehead atoms. The van der Waals surface area contributed by atoms with Crippen molar-refractivity contribution >= 4 is 16.9 Å². The first-order valence-corrected chi connectivity index (χ1v) is 7.14. The first kappa shape index (κ1) is 13.6. The van der Waals surface area contributed by atoms with Crippen molar-refractivity contribution in [1.82, 2.24) is 5.32 Å². The van der Waals surface area contributed by atoms with Crippen LogP contribution >= 0.6 is 0 Å². The summed E-state index contributed by atoms with van der Waals surface area (Å²) in [7, 11) is 5.87. The molecule has 0 atom stereocenters. The Morgan fingerprint density at radius 2 is 1.43 bits per heavy atom. The monoisotopic (exact) mass is 278 g/mol. The topological polar surface area (TPSA) is 36.1 Å². The van der Waals surface area contributed by atoms with Gasteiger partial charge in [0.2, 0.25) is 0 Å². The molecular weight excluding hydrogens is 258 g/mol. The number of likely N-dealkylation sites (N-methyl/N-ethyl adjacent to an activating group) is 1. The van der Waals surface area contributed by atoms with Crippen LogP contribution in [-0.2, 0) is 0 Å². The normalized spacial score (nSPS) is 13.1. The van der Waals surface area contributed by atoms with Gasteiger partial charge in [0, 0.05) is 38.8 Å². The lowest BCUT2D eigenvalue weighted by Gasteiger charge is -2.13. The van der Waals surface area contributed by atoms with Gasteiger partial charge in [0.05, 0.1) is 11.4 Å². The molecule has 3 N–H and O–H groups in total. The van der Waals surface area contributed by atoms with Gasteiger partial charge in [-0.05, 0) is 28.8 Å². The molecule has 0 aromatic heterocycles. The van der Waals surface area contributed by atoms with E-state index in [9.17, 15) is 0 Å². The summed E-state index contributed by atoms with van der Waals surface area (Å²) < 4.78 is 0. The standard InChI is InChI=1S/C18H20N3/c1-19-15-9-13-10-17(21-3)18(12-7-5-4-6-8-12)14(13)11-16(15)20-2/h4-11,19-21H,1-3H3. The second kappa shape index (κ2) is 5.52. The molecule has 1 aliphatic carbocycles. The number of hydrogen-bond donors (Lipinski definition) is 3. The van der Waals surface area contributed by atoms with Gasteiger partial charge in [-0.3, -0.25) is 0 Å². The summed E-state index contributed by atoms with van der Waals surface area (Å²) in [6.07, 6.45) is 2.21. The molecule has 0 saturated carbocycles. The maximum absolute atomic E-state index is 3.32. The fraction of sp³-hybridized carbons (Fsp3) is 0.167. The quantitative estimate of drug-likeness (QED) is 0.803. The lowest BCUT2D eigenvalue weighted by Crippen LogP contribution is -2.05. The van der Waals surface area contributed by atoms with Crippen LogP contribution < -0.4 is 16.0 Å². The SMILES string of the molecule is CNC1=C(c2ccccc2)c2cc(NC)c(NC)cc2[CH]1. The molecule has 0 amide bonds. The molecule has 2 aromatic carbocycles. The van der Waals surface area contributed by atoms with Crippen LogP contribution in [-0.4, -0.2) is 21.1 Å². The van der Waals surface area contributed by atoms with Gasteiger partial charge in [-0.15, -0.1) is 0 Å². The number of rotatable bonds is 4. The number of benzene rings is 2. The van der Waals surface area contributed by atoms with Crippen molar-refractivity contribution in [2.45, 2.75) is 0 Å². The van der Waals surface area contributed by atoms with E-state index in [1.165, 1.54) is 22.3 Å². The van der Waals surface area contributed by atoms with Gasteiger partial charge in [-0.25, -0.2) is 0 Å². The van der Waals surface area contributed by atoms with E-state index in [2.05, 4.69) is 58.8 Å². The molecule has 0 aliphatic heterocycles. The Kier molecular flexibility index (Phi) is 3.57. The van der Waals surface area contributed by atoms with E-state index in [-0.39, 0.29) is 0 Å². The fourth-order valence-corrected chi connectivity index (χ4v) is 2.85. The van der Waals surface area contributed by atoms with Gasteiger partial charge < -0.3 is 16.0 Å². The Bertz CT molecular complexity index is 687. The zero-order valence-corrected chi connectivity index (χ0v) is 12.6. The number of fused-ring (bicyclic) bond motifs is 1. The Morgan fingerprint density at radius 3 is 2.05 bits per heavy atom. The van der Waals surface area contributed by atoms with Crippen molar-refractivity contribution < 1.29 is 0 Å². The lowest BCUT2D eigenvalue weighted by molar-refractivity contribution is 1.02. The highest BCUT2D eigenvalue weighted by Crippen LogP contribution is 2.41. The van der Waals surface area contributed by atoms with Gasteiger partial charge >= 0.3 is 0 Å². The predicted octanol–water partition coefficient (Wildman–Crippen LogP) is 3.31. The van der Waals surface area contributed by atoms with Crippen LogP contribution in [0, 0.1) is 6.42 Å². The van der Waals surface area contributed by atoms with E-state index in [1.807, 2.05) is 27.2 Å². The molecule has 1 radical (unpaired) electrons. The van der Waals surface area contributed by atoms with Gasteiger partial charge in [-0.2, -0.15) is 0 Å². The zero-order chi connectivity index (χ0) is 14.8. The molecule has 3 nitrogen and oxygen atoms in total. The van der Waals surface area contributed by atoms with E-state index in [4.69, 9.17) is 0 Å². The second-order valence-corrected chi connectivity index (χ2v) is 5.03. The minimum Gasteiger partial charge on any atom is -0.390 e. The highest BCUT2D eigenvalue weighted by molar-refractivity contribution is 5.93. The summed E-state index contributed by atoms with van der Waals surface area (Å²) in [5, 5.41) is 9.82. The third-order valence-electron chi connectivity index (χ3n) is 3.90. The maximum atomic E-state index is 3.32. The van der Waals surface area contributed by atoms with Crippen molar-refractivity contribution in [2.75, 3.05) is 31.8 Å². The molecule has 21 heavy (non-hydrogen) atoms. The lowest BCUT2D eigenvalue weighted by atomic mass is 9.97. The Balaban J connectivity index is 2.18. The van der Waals surface area contributed by atoms with Crippen LogP contribution in [0.4, 0.5) is 11.4 Å². The molecule has 0 saturated heterocycles. The minimum atomic E-state index is 1.11. The number of hydrogen-bond acceptors (Lipinski definition) is 3. The average Bonchev–Trinajstić information content (AvgIpc) is 2.91. The Labute approximate surface area is 126 Å². The molecule has 0 heterocycles. The summed E-state index contributed by atoms with van der Waals surface area (Å²) in [4.78, 5) is 0. The summed E-state index contributed by atoms with van der Waals surface area (Å²) in [5.41, 5.74) is 8.36. The molecule has 1 aliphatic rings. The first-order chi connectivity index (χ1) is 10.3. The van der Waals surface area contributed by atoms with E-state index in [0.29, 0.717) is 0 Å². The van der Waals surface area contributed by atoms with Crippen LogP contribution in [0.15, 0.2) is 48.2 Å². The molecule has 0 spiro atoms. The molecule has 2 aromatic rings. The largest absolute Gasteiger partial charge is 0.390 e. The smallest absolute Gasteiger partial charge is 0.0579 e. The van der Waals surface area contributed by atoms with Crippen molar-refractivity contribution in [3.63, 3.8) is 0 Å². The average molecular weight is 278 g/mol. The van der Waals surface area contributed by atoms with Crippen LogP contribution in [0.25, 0.3) is 5.57 Å². The van der Waals surface area contributed by atoms with Gasteiger partial charge in [0.15, 0.2) is 0 Å². The van der Waals surface area contributed by atoms with E-state index < -0.39 is 0 Å².